The summed E-state index contributed by atoms with van der Waals surface area (Å²) in [7, 11) is 0. The number of benzene rings is 1. The molecule has 0 aromatic heterocycles. The fourth-order valence-corrected chi connectivity index (χ4v) is 1.96. The second kappa shape index (κ2) is 6.45. The maximum absolute atomic E-state index is 11.8. The van der Waals surface area contributed by atoms with Crippen LogP contribution < -0.4 is 5.32 Å². The number of hydrogen-bond donors (Lipinski definition) is 1. The molecule has 4 heteroatoms. The third-order valence-electron chi connectivity index (χ3n) is 2.31. The Kier molecular flexibility index (Phi) is 5.22. The van der Waals surface area contributed by atoms with Crippen molar-refractivity contribution < 1.29 is 9.59 Å². The Morgan fingerprint density at radius 2 is 2.00 bits per heavy atom. The summed E-state index contributed by atoms with van der Waals surface area (Å²) in [5.41, 5.74) is 1.86. The summed E-state index contributed by atoms with van der Waals surface area (Å²) in [6.07, 6.45) is 0. The summed E-state index contributed by atoms with van der Waals surface area (Å²) in [4.78, 5) is 22.7. The molecule has 0 fully saturated rings. The van der Waals surface area contributed by atoms with Gasteiger partial charge in [-0.25, -0.2) is 0 Å². The van der Waals surface area contributed by atoms with Gasteiger partial charge < -0.3 is 5.32 Å². The van der Waals surface area contributed by atoms with Crippen LogP contribution in [0.3, 0.4) is 0 Å². The van der Waals surface area contributed by atoms with Crippen molar-refractivity contribution in [1.29, 1.82) is 0 Å². The molecule has 0 aliphatic carbocycles. The van der Waals surface area contributed by atoms with Gasteiger partial charge in [-0.05, 0) is 32.4 Å². The van der Waals surface area contributed by atoms with Crippen molar-refractivity contribution in [3.63, 3.8) is 0 Å². The van der Waals surface area contributed by atoms with Crippen molar-refractivity contribution in [1.82, 2.24) is 0 Å². The lowest BCUT2D eigenvalue weighted by Gasteiger charge is -2.12. The highest BCUT2D eigenvalue weighted by Crippen LogP contribution is 2.17. The molecule has 0 unspecified atom stereocenters. The van der Waals surface area contributed by atoms with E-state index in [-0.39, 0.29) is 16.9 Å². The standard InChI is InChI=1S/C13H17NO2S/c1-9-6-4-5-7-12(9)14-13(16)11(3)17-8-10(2)15/h4-7,11H,8H2,1-3H3,(H,14,16)/t11-/m1/s1. The van der Waals surface area contributed by atoms with Gasteiger partial charge in [0.2, 0.25) is 5.91 Å². The van der Waals surface area contributed by atoms with E-state index in [0.29, 0.717) is 5.75 Å². The molecular weight excluding hydrogens is 234 g/mol. The number of carbonyl (C=O) groups is 2. The van der Waals surface area contributed by atoms with E-state index in [4.69, 9.17) is 0 Å². The molecule has 17 heavy (non-hydrogen) atoms. The van der Waals surface area contributed by atoms with E-state index in [1.54, 1.807) is 6.92 Å². The van der Waals surface area contributed by atoms with Gasteiger partial charge in [0, 0.05) is 5.69 Å². The van der Waals surface area contributed by atoms with Crippen molar-refractivity contribution in [3.05, 3.63) is 29.8 Å². The molecule has 0 saturated carbocycles. The molecule has 1 aromatic carbocycles. The van der Waals surface area contributed by atoms with E-state index in [9.17, 15) is 9.59 Å². The lowest BCUT2D eigenvalue weighted by Crippen LogP contribution is -2.23. The average molecular weight is 251 g/mol. The lowest BCUT2D eigenvalue weighted by molar-refractivity contribution is -0.115. The number of hydrogen-bond acceptors (Lipinski definition) is 3. The van der Waals surface area contributed by atoms with Crippen molar-refractivity contribution in [2.24, 2.45) is 0 Å². The zero-order chi connectivity index (χ0) is 12.8. The molecule has 1 N–H and O–H groups in total. The zero-order valence-corrected chi connectivity index (χ0v) is 11.1. The van der Waals surface area contributed by atoms with Gasteiger partial charge in [0.25, 0.3) is 0 Å². The maximum atomic E-state index is 11.8. The van der Waals surface area contributed by atoms with Gasteiger partial charge in [-0.1, -0.05) is 18.2 Å². The molecular formula is C13H17NO2S. The third-order valence-corrected chi connectivity index (χ3v) is 3.60. The van der Waals surface area contributed by atoms with Gasteiger partial charge in [-0.15, -0.1) is 11.8 Å². The SMILES string of the molecule is CC(=O)CS[C@H](C)C(=O)Nc1ccccc1C. The maximum Gasteiger partial charge on any atom is 0.237 e. The van der Waals surface area contributed by atoms with Crippen LogP contribution >= 0.6 is 11.8 Å². The second-order valence-corrected chi connectivity index (χ2v) is 5.29. The Hall–Kier alpha value is -1.29. The highest BCUT2D eigenvalue weighted by atomic mass is 32.2. The summed E-state index contributed by atoms with van der Waals surface area (Å²) >= 11 is 1.36. The van der Waals surface area contributed by atoms with Gasteiger partial charge in [0.15, 0.2) is 0 Å². The fraction of sp³-hybridized carbons (Fsp3) is 0.385. The predicted molar refractivity (Wildman–Crippen MR) is 72.4 cm³/mol. The second-order valence-electron chi connectivity index (χ2n) is 3.96. The summed E-state index contributed by atoms with van der Waals surface area (Å²) in [5.74, 6) is 0.401. The van der Waals surface area contributed by atoms with E-state index in [1.165, 1.54) is 18.7 Å². The number of Topliss-reactive ketones (excluding diaryl/α,β-unsaturated/α-hetero) is 1. The Bertz CT molecular complexity index is 418. The van der Waals surface area contributed by atoms with Crippen LogP contribution in [0.2, 0.25) is 0 Å². The molecule has 92 valence electrons. The van der Waals surface area contributed by atoms with Crippen molar-refractivity contribution in [2.45, 2.75) is 26.0 Å². The number of rotatable bonds is 5. The zero-order valence-electron chi connectivity index (χ0n) is 10.3. The predicted octanol–water partition coefficient (Wildman–Crippen LogP) is 2.64. The van der Waals surface area contributed by atoms with E-state index < -0.39 is 0 Å². The number of nitrogens with one attached hydrogen (secondary N) is 1. The summed E-state index contributed by atoms with van der Waals surface area (Å²) in [6.45, 7) is 5.28. The first kappa shape index (κ1) is 13.8. The van der Waals surface area contributed by atoms with Gasteiger partial charge in [0.05, 0.1) is 11.0 Å². The highest BCUT2D eigenvalue weighted by molar-refractivity contribution is 8.01. The molecule has 0 aliphatic rings. The molecule has 1 aromatic rings. The van der Waals surface area contributed by atoms with Crippen LogP contribution in [0.25, 0.3) is 0 Å². The van der Waals surface area contributed by atoms with Crippen molar-refractivity contribution >= 4 is 29.1 Å². The molecule has 1 rings (SSSR count). The molecule has 0 bridgehead atoms. The van der Waals surface area contributed by atoms with E-state index >= 15 is 0 Å². The topological polar surface area (TPSA) is 46.2 Å². The number of aryl methyl sites for hydroxylation is 1. The Morgan fingerprint density at radius 1 is 1.35 bits per heavy atom. The number of ketones is 1. The average Bonchev–Trinajstić information content (AvgIpc) is 2.28. The Balaban J connectivity index is 2.54. The number of amides is 1. The van der Waals surface area contributed by atoms with Gasteiger partial charge in [-0.2, -0.15) is 0 Å². The first-order valence-electron chi connectivity index (χ1n) is 5.48. The largest absolute Gasteiger partial charge is 0.325 e. The van der Waals surface area contributed by atoms with E-state index in [2.05, 4.69) is 5.32 Å². The lowest BCUT2D eigenvalue weighted by atomic mass is 10.2. The normalized spacial score (nSPS) is 11.9. The molecule has 0 aliphatic heterocycles. The van der Waals surface area contributed by atoms with Crippen molar-refractivity contribution in [3.8, 4) is 0 Å². The first-order valence-corrected chi connectivity index (χ1v) is 6.53. The number of para-hydroxylation sites is 1. The van der Waals surface area contributed by atoms with Gasteiger partial charge in [0.1, 0.15) is 5.78 Å². The van der Waals surface area contributed by atoms with Gasteiger partial charge in [-0.3, -0.25) is 9.59 Å². The van der Waals surface area contributed by atoms with Crippen LogP contribution in [-0.2, 0) is 9.59 Å². The van der Waals surface area contributed by atoms with Crippen LogP contribution in [0.1, 0.15) is 19.4 Å². The summed E-state index contributed by atoms with van der Waals surface area (Å²) in [6, 6.07) is 7.63. The molecule has 0 spiro atoms. The number of carbonyl (C=O) groups excluding carboxylic acids is 2. The molecule has 3 nitrogen and oxygen atoms in total. The van der Waals surface area contributed by atoms with Crippen LogP contribution in [-0.4, -0.2) is 22.7 Å². The van der Waals surface area contributed by atoms with Crippen LogP contribution in [0.4, 0.5) is 5.69 Å². The van der Waals surface area contributed by atoms with Crippen LogP contribution in [0.15, 0.2) is 24.3 Å². The highest BCUT2D eigenvalue weighted by Gasteiger charge is 2.14. The van der Waals surface area contributed by atoms with Crippen LogP contribution in [0, 0.1) is 6.92 Å². The summed E-state index contributed by atoms with van der Waals surface area (Å²) in [5, 5.41) is 2.64. The van der Waals surface area contributed by atoms with Gasteiger partial charge >= 0.3 is 0 Å². The van der Waals surface area contributed by atoms with E-state index in [1.807, 2.05) is 31.2 Å². The molecule has 0 radical (unpaired) electrons. The van der Waals surface area contributed by atoms with Crippen molar-refractivity contribution in [2.75, 3.05) is 11.1 Å². The molecule has 0 saturated heterocycles. The quantitative estimate of drug-likeness (QED) is 0.875. The molecule has 1 atom stereocenters. The Morgan fingerprint density at radius 3 is 2.59 bits per heavy atom. The minimum Gasteiger partial charge on any atom is -0.325 e. The number of anilines is 1. The van der Waals surface area contributed by atoms with E-state index in [0.717, 1.165) is 11.3 Å². The summed E-state index contributed by atoms with van der Waals surface area (Å²) < 4.78 is 0. The minimum atomic E-state index is -0.224. The number of thioether (sulfide) groups is 1. The third kappa shape index (κ3) is 4.61. The Labute approximate surface area is 106 Å². The van der Waals surface area contributed by atoms with Crippen LogP contribution in [0.5, 0.6) is 0 Å². The monoisotopic (exact) mass is 251 g/mol. The smallest absolute Gasteiger partial charge is 0.237 e. The first-order chi connectivity index (χ1) is 8.00. The fourth-order valence-electron chi connectivity index (χ4n) is 1.27. The minimum absolute atomic E-state index is 0.0643. The molecule has 1 amide bonds. The molecule has 0 heterocycles.